The highest BCUT2D eigenvalue weighted by atomic mass is 16.2. The lowest BCUT2D eigenvalue weighted by Gasteiger charge is -2.10. The molecule has 1 aliphatic heterocycles. The first-order valence-electron chi connectivity index (χ1n) is 3.08. The fraction of sp³-hybridized carbons (Fsp3) is 0.286. The lowest BCUT2D eigenvalue weighted by molar-refractivity contribution is -0.136. The maximum atomic E-state index is 10.8. The highest BCUT2D eigenvalue weighted by molar-refractivity contribution is 6.12. The number of nitrogens with zero attached hydrogens (tertiary/aromatic N) is 1. The van der Waals surface area contributed by atoms with Gasteiger partial charge in [-0.3, -0.25) is 14.5 Å². The molecule has 10 heavy (non-hydrogen) atoms. The van der Waals surface area contributed by atoms with E-state index in [0.717, 1.165) is 0 Å². The molecule has 1 aliphatic rings. The van der Waals surface area contributed by atoms with Gasteiger partial charge >= 0.3 is 0 Å². The van der Waals surface area contributed by atoms with Crippen LogP contribution in [-0.2, 0) is 9.59 Å². The van der Waals surface area contributed by atoms with Crippen LogP contribution in [0.2, 0.25) is 0 Å². The lowest BCUT2D eigenvalue weighted by Crippen LogP contribution is -2.30. The summed E-state index contributed by atoms with van der Waals surface area (Å²) in [5.41, 5.74) is 0. The van der Waals surface area contributed by atoms with Crippen molar-refractivity contribution < 1.29 is 9.59 Å². The highest BCUT2D eigenvalue weighted by Gasteiger charge is 2.21. The predicted molar refractivity (Wildman–Crippen MR) is 35.8 cm³/mol. The Labute approximate surface area is 59.3 Å². The molecule has 0 aromatic rings. The van der Waals surface area contributed by atoms with Crippen molar-refractivity contribution in [3.05, 3.63) is 19.1 Å². The molecule has 53 valence electrons. The summed E-state index contributed by atoms with van der Waals surface area (Å²) in [4.78, 5) is 22.7. The average Bonchev–Trinajstić information content (AvgIpc) is 2.20. The Hall–Kier alpha value is -1.12. The van der Waals surface area contributed by atoms with Crippen LogP contribution in [-0.4, -0.2) is 23.3 Å². The van der Waals surface area contributed by atoms with Crippen LogP contribution in [0.15, 0.2) is 12.2 Å². The molecular weight excluding hydrogens is 130 g/mol. The molecule has 0 atom stereocenters. The zero-order valence-electron chi connectivity index (χ0n) is 5.54. The largest absolute Gasteiger partial charge is 0.275 e. The van der Waals surface area contributed by atoms with E-state index in [-0.39, 0.29) is 11.8 Å². The van der Waals surface area contributed by atoms with Gasteiger partial charge in [-0.25, -0.2) is 0 Å². The van der Waals surface area contributed by atoms with E-state index >= 15 is 0 Å². The highest BCUT2D eigenvalue weighted by Crippen LogP contribution is 2.02. The van der Waals surface area contributed by atoms with Crippen LogP contribution >= 0.6 is 0 Å². The van der Waals surface area contributed by atoms with Crippen molar-refractivity contribution in [1.82, 2.24) is 4.90 Å². The number of amides is 2. The monoisotopic (exact) mass is 138 g/mol. The summed E-state index contributed by atoms with van der Waals surface area (Å²) in [6.07, 6.45) is 3.12. The molecular formula is C7H8NO2. The van der Waals surface area contributed by atoms with E-state index in [4.69, 9.17) is 0 Å². The van der Waals surface area contributed by atoms with E-state index in [1.165, 1.54) is 17.1 Å². The predicted octanol–water partition coefficient (Wildman–Crippen LogP) is 0.136. The van der Waals surface area contributed by atoms with Crippen molar-refractivity contribution in [2.75, 3.05) is 6.54 Å². The smallest absolute Gasteiger partial charge is 0.253 e. The van der Waals surface area contributed by atoms with Crippen LogP contribution in [0.5, 0.6) is 0 Å². The van der Waals surface area contributed by atoms with Crippen LogP contribution < -0.4 is 0 Å². The molecule has 3 nitrogen and oxygen atoms in total. The number of carbonyl (C=O) groups excluding carboxylic acids is 2. The second kappa shape index (κ2) is 2.64. The van der Waals surface area contributed by atoms with E-state index in [0.29, 0.717) is 13.0 Å². The quantitative estimate of drug-likeness (QED) is 0.509. The first-order chi connectivity index (χ1) is 4.75. The van der Waals surface area contributed by atoms with Gasteiger partial charge in [0, 0.05) is 18.7 Å². The minimum absolute atomic E-state index is 0.228. The van der Waals surface area contributed by atoms with Gasteiger partial charge in [0.1, 0.15) is 0 Å². The van der Waals surface area contributed by atoms with E-state index < -0.39 is 0 Å². The third-order valence-electron chi connectivity index (χ3n) is 1.28. The Morgan fingerprint density at radius 3 is 2.20 bits per heavy atom. The first kappa shape index (κ1) is 6.99. The number of carbonyl (C=O) groups is 2. The summed E-state index contributed by atoms with van der Waals surface area (Å²) in [6.45, 7) is 3.97. The normalized spacial score (nSPS) is 17.1. The van der Waals surface area contributed by atoms with Gasteiger partial charge in [-0.15, -0.1) is 0 Å². The third-order valence-corrected chi connectivity index (χ3v) is 1.28. The van der Waals surface area contributed by atoms with Crippen LogP contribution in [0.3, 0.4) is 0 Å². The van der Waals surface area contributed by atoms with Gasteiger partial charge < -0.3 is 0 Å². The first-order valence-corrected chi connectivity index (χ1v) is 3.08. The SMILES string of the molecule is [CH2]CCN1C(=O)C=CC1=O. The van der Waals surface area contributed by atoms with Gasteiger partial charge in [0.15, 0.2) is 0 Å². The van der Waals surface area contributed by atoms with E-state index in [1.807, 2.05) is 0 Å². The Balaban J connectivity index is 2.60. The molecule has 0 fully saturated rings. The minimum atomic E-state index is -0.228. The van der Waals surface area contributed by atoms with E-state index in [9.17, 15) is 9.59 Å². The summed E-state index contributed by atoms with van der Waals surface area (Å²) in [5.74, 6) is -0.456. The Kier molecular flexibility index (Phi) is 1.85. The van der Waals surface area contributed by atoms with Gasteiger partial charge in [-0.05, 0) is 6.42 Å². The molecule has 0 saturated heterocycles. The number of imide groups is 1. The molecule has 0 N–H and O–H groups in total. The van der Waals surface area contributed by atoms with Crippen LogP contribution in [0.1, 0.15) is 6.42 Å². The maximum Gasteiger partial charge on any atom is 0.253 e. The molecule has 0 aromatic heterocycles. The molecule has 1 heterocycles. The Morgan fingerprint density at radius 1 is 1.30 bits per heavy atom. The van der Waals surface area contributed by atoms with Crippen molar-refractivity contribution in [3.63, 3.8) is 0 Å². The van der Waals surface area contributed by atoms with Crippen molar-refractivity contribution in [2.45, 2.75) is 6.42 Å². The number of hydrogen-bond donors (Lipinski definition) is 0. The lowest BCUT2D eigenvalue weighted by atomic mass is 10.4. The zero-order chi connectivity index (χ0) is 7.56. The summed E-state index contributed by atoms with van der Waals surface area (Å²) in [5, 5.41) is 0. The number of hydrogen-bond acceptors (Lipinski definition) is 2. The summed E-state index contributed by atoms with van der Waals surface area (Å²) < 4.78 is 0. The molecule has 0 unspecified atom stereocenters. The molecule has 1 rings (SSSR count). The van der Waals surface area contributed by atoms with Crippen LogP contribution in [0.25, 0.3) is 0 Å². The zero-order valence-corrected chi connectivity index (χ0v) is 5.54. The summed E-state index contributed by atoms with van der Waals surface area (Å²) in [6, 6.07) is 0. The molecule has 0 bridgehead atoms. The van der Waals surface area contributed by atoms with Gasteiger partial charge in [0.2, 0.25) is 0 Å². The molecule has 0 aliphatic carbocycles. The molecule has 0 aromatic carbocycles. The Bertz CT molecular complexity index is 178. The van der Waals surface area contributed by atoms with E-state index in [2.05, 4.69) is 6.92 Å². The second-order valence-electron chi connectivity index (χ2n) is 2.02. The van der Waals surface area contributed by atoms with Crippen molar-refractivity contribution in [1.29, 1.82) is 0 Å². The fourth-order valence-corrected chi connectivity index (χ4v) is 0.810. The molecule has 0 spiro atoms. The third kappa shape index (κ3) is 1.07. The summed E-state index contributed by atoms with van der Waals surface area (Å²) in [7, 11) is 0. The van der Waals surface area contributed by atoms with Crippen LogP contribution in [0, 0.1) is 6.92 Å². The molecule has 0 saturated carbocycles. The van der Waals surface area contributed by atoms with Crippen molar-refractivity contribution in [3.8, 4) is 0 Å². The van der Waals surface area contributed by atoms with Gasteiger partial charge in [-0.1, -0.05) is 6.92 Å². The van der Waals surface area contributed by atoms with Crippen molar-refractivity contribution in [2.24, 2.45) is 0 Å². The van der Waals surface area contributed by atoms with Gasteiger partial charge in [-0.2, -0.15) is 0 Å². The standard InChI is InChI=1S/C7H8NO2/c1-2-5-8-6(9)3-4-7(8)10/h3-4H,1-2,5H2. The average molecular weight is 138 g/mol. The molecule has 2 amide bonds. The number of rotatable bonds is 2. The Morgan fingerprint density at radius 2 is 1.80 bits per heavy atom. The second-order valence-corrected chi connectivity index (χ2v) is 2.02. The minimum Gasteiger partial charge on any atom is -0.275 e. The summed E-state index contributed by atoms with van der Waals surface area (Å²) >= 11 is 0. The van der Waals surface area contributed by atoms with Gasteiger partial charge in [0.05, 0.1) is 0 Å². The van der Waals surface area contributed by atoms with E-state index in [1.54, 1.807) is 0 Å². The fourth-order valence-electron chi connectivity index (χ4n) is 0.810. The van der Waals surface area contributed by atoms with Crippen LogP contribution in [0.4, 0.5) is 0 Å². The molecule has 1 radical (unpaired) electrons. The maximum absolute atomic E-state index is 10.8. The molecule has 3 heteroatoms. The van der Waals surface area contributed by atoms with Crippen molar-refractivity contribution >= 4 is 11.8 Å². The van der Waals surface area contributed by atoms with Gasteiger partial charge in [0.25, 0.3) is 11.8 Å². The topological polar surface area (TPSA) is 37.4 Å².